The normalized spacial score (nSPS) is 15.3. The van der Waals surface area contributed by atoms with Gasteiger partial charge in [0, 0.05) is 41.8 Å². The molecule has 4 aromatic rings. The summed E-state index contributed by atoms with van der Waals surface area (Å²) in [4.78, 5) is 23.9. The molecule has 13 heteroatoms. The molecule has 0 bridgehead atoms. The van der Waals surface area contributed by atoms with Gasteiger partial charge in [-0.05, 0) is 76.7 Å². The minimum Gasteiger partial charge on any atom is -0.434 e. The smallest absolute Gasteiger partial charge is 0.387 e. The first-order valence-corrected chi connectivity index (χ1v) is 14.4. The molecule has 0 unspecified atom stereocenters. The van der Waals surface area contributed by atoms with Crippen molar-refractivity contribution >= 4 is 35.6 Å². The molecule has 5 rings (SSSR count). The summed E-state index contributed by atoms with van der Waals surface area (Å²) in [5, 5.41) is 12.0. The molecule has 43 heavy (non-hydrogen) atoms. The quantitative estimate of drug-likeness (QED) is 0.120. The zero-order valence-electron chi connectivity index (χ0n) is 23.8. The lowest BCUT2D eigenvalue weighted by Crippen LogP contribution is -2.34. The van der Waals surface area contributed by atoms with Gasteiger partial charge in [0.05, 0.1) is 18.4 Å². The predicted molar refractivity (Wildman–Crippen MR) is 162 cm³/mol. The zero-order chi connectivity index (χ0) is 30.3. The lowest BCUT2D eigenvalue weighted by atomic mass is 9.89. The maximum Gasteiger partial charge on any atom is 0.387 e. The van der Waals surface area contributed by atoms with Crippen LogP contribution in [0.3, 0.4) is 0 Å². The van der Waals surface area contributed by atoms with Gasteiger partial charge in [-0.1, -0.05) is 23.3 Å². The van der Waals surface area contributed by atoms with Crippen LogP contribution in [0.4, 0.5) is 14.5 Å². The highest BCUT2D eigenvalue weighted by Crippen LogP contribution is 2.37. The average molecular weight is 611 g/mol. The van der Waals surface area contributed by atoms with Crippen molar-refractivity contribution in [2.45, 2.75) is 51.3 Å². The van der Waals surface area contributed by atoms with Gasteiger partial charge in [0.1, 0.15) is 17.0 Å². The molecule has 3 aromatic heterocycles. The summed E-state index contributed by atoms with van der Waals surface area (Å²) >= 11 is 6.24. The number of nitrogens with zero attached hydrogens (tertiary/aromatic N) is 7. The van der Waals surface area contributed by atoms with Crippen molar-refractivity contribution in [3.63, 3.8) is 0 Å². The minimum atomic E-state index is -3.05. The monoisotopic (exact) mass is 610 g/mol. The number of fused-ring (bicyclic) bond motifs is 1. The van der Waals surface area contributed by atoms with E-state index in [0.29, 0.717) is 28.9 Å². The number of carbonyl (C=O) groups excluding carboxylic acids is 1. The van der Waals surface area contributed by atoms with Gasteiger partial charge in [-0.25, -0.2) is 9.50 Å². The number of nitrogens with one attached hydrogen (secondary N) is 1. The number of allylic oxidation sites excluding steroid dienone is 2. The Morgan fingerprint density at radius 3 is 2.93 bits per heavy atom. The number of hydrogen-bond donors (Lipinski definition) is 1. The Morgan fingerprint density at radius 2 is 2.16 bits per heavy atom. The molecule has 1 amide bonds. The molecular weight excluding hydrogens is 578 g/mol. The molecule has 1 aromatic carbocycles. The SMILES string of the molecule is C=NCCCN(C)C1CCC(=CCn2cc(NC(=O)c3cnn4cccnc34)c(-c3cc(Cl)ccc3OC(F)F)n2)CC1. The highest BCUT2D eigenvalue weighted by molar-refractivity contribution is 6.31. The zero-order valence-corrected chi connectivity index (χ0v) is 24.6. The van der Waals surface area contributed by atoms with Gasteiger partial charge in [-0.2, -0.15) is 19.0 Å². The van der Waals surface area contributed by atoms with Gasteiger partial charge in [0.25, 0.3) is 5.91 Å². The van der Waals surface area contributed by atoms with Gasteiger partial charge >= 0.3 is 6.61 Å². The molecule has 1 saturated carbocycles. The number of aromatic nitrogens is 5. The van der Waals surface area contributed by atoms with Crippen molar-refractivity contribution in [2.24, 2.45) is 4.99 Å². The van der Waals surface area contributed by atoms with Crippen LogP contribution in [0.1, 0.15) is 42.5 Å². The second-order valence-electron chi connectivity index (χ2n) is 10.4. The Labute approximate surface area is 253 Å². The summed E-state index contributed by atoms with van der Waals surface area (Å²) < 4.78 is 34.5. The van der Waals surface area contributed by atoms with Crippen LogP contribution in [0, 0.1) is 0 Å². The summed E-state index contributed by atoms with van der Waals surface area (Å²) in [6, 6.07) is 6.53. The number of hydrogen-bond acceptors (Lipinski definition) is 7. The summed E-state index contributed by atoms with van der Waals surface area (Å²) in [6.45, 7) is 2.71. The first kappa shape index (κ1) is 30.3. The van der Waals surface area contributed by atoms with E-state index >= 15 is 0 Å². The molecule has 0 aliphatic heterocycles. The molecular formula is C30H33ClF2N8O2. The van der Waals surface area contributed by atoms with Crippen LogP contribution in [0.2, 0.25) is 5.02 Å². The number of carbonyl (C=O) groups is 1. The minimum absolute atomic E-state index is 0.109. The molecule has 0 atom stereocenters. The second kappa shape index (κ2) is 13.9. The largest absolute Gasteiger partial charge is 0.434 e. The van der Waals surface area contributed by atoms with Crippen molar-refractivity contribution in [1.82, 2.24) is 29.3 Å². The number of anilines is 1. The molecule has 0 radical (unpaired) electrons. The third-order valence-electron chi connectivity index (χ3n) is 7.56. The van der Waals surface area contributed by atoms with E-state index in [0.717, 1.165) is 45.2 Å². The number of alkyl halides is 2. The maximum atomic E-state index is 13.3. The van der Waals surface area contributed by atoms with Crippen LogP contribution < -0.4 is 10.1 Å². The maximum absolute atomic E-state index is 13.3. The third kappa shape index (κ3) is 7.44. The molecule has 1 aliphatic carbocycles. The molecule has 226 valence electrons. The van der Waals surface area contributed by atoms with Crippen LogP contribution in [0.5, 0.6) is 5.75 Å². The summed E-state index contributed by atoms with van der Waals surface area (Å²) in [7, 11) is 2.16. The van der Waals surface area contributed by atoms with E-state index in [2.05, 4.69) is 50.2 Å². The average Bonchev–Trinajstić information content (AvgIpc) is 3.61. The van der Waals surface area contributed by atoms with Gasteiger partial charge in [0.2, 0.25) is 0 Å². The van der Waals surface area contributed by atoms with E-state index in [9.17, 15) is 13.6 Å². The number of halogens is 3. The number of aliphatic imine (C=N–C) groups is 1. The van der Waals surface area contributed by atoms with E-state index < -0.39 is 12.5 Å². The van der Waals surface area contributed by atoms with Gasteiger partial charge in [-0.3, -0.25) is 9.48 Å². The van der Waals surface area contributed by atoms with Crippen LogP contribution in [0.15, 0.2) is 65.7 Å². The summed E-state index contributed by atoms with van der Waals surface area (Å²) in [6.07, 6.45) is 13.6. The van der Waals surface area contributed by atoms with Crippen LogP contribution >= 0.6 is 11.6 Å². The molecule has 10 nitrogen and oxygen atoms in total. The van der Waals surface area contributed by atoms with Crippen molar-refractivity contribution in [3.8, 4) is 17.0 Å². The van der Waals surface area contributed by atoms with Gasteiger partial charge in [-0.15, -0.1) is 0 Å². The van der Waals surface area contributed by atoms with Gasteiger partial charge in [0.15, 0.2) is 5.65 Å². The molecule has 0 saturated heterocycles. The number of ether oxygens (including phenoxy) is 1. The van der Waals surface area contributed by atoms with E-state index in [1.54, 1.807) is 29.3 Å². The van der Waals surface area contributed by atoms with Crippen molar-refractivity contribution < 1.29 is 18.3 Å². The van der Waals surface area contributed by atoms with E-state index in [-0.39, 0.29) is 22.6 Å². The fourth-order valence-corrected chi connectivity index (χ4v) is 5.50. The van der Waals surface area contributed by atoms with Crippen molar-refractivity contribution in [2.75, 3.05) is 25.5 Å². The Kier molecular flexibility index (Phi) is 9.78. The van der Waals surface area contributed by atoms with Gasteiger partial charge < -0.3 is 19.9 Å². The van der Waals surface area contributed by atoms with Crippen LogP contribution in [0.25, 0.3) is 16.9 Å². The van der Waals surface area contributed by atoms with Crippen molar-refractivity contribution in [1.29, 1.82) is 0 Å². The Hall–Kier alpha value is -4.16. The second-order valence-corrected chi connectivity index (χ2v) is 10.8. The fourth-order valence-electron chi connectivity index (χ4n) is 5.32. The van der Waals surface area contributed by atoms with Crippen LogP contribution in [-0.4, -0.2) is 74.7 Å². The molecule has 1 N–H and O–H groups in total. The molecule has 1 fully saturated rings. The summed E-state index contributed by atoms with van der Waals surface area (Å²) in [5.41, 5.74) is 2.73. The highest BCUT2D eigenvalue weighted by atomic mass is 35.5. The third-order valence-corrected chi connectivity index (χ3v) is 7.80. The highest BCUT2D eigenvalue weighted by Gasteiger charge is 2.23. The topological polar surface area (TPSA) is 102 Å². The fraction of sp³-hybridized carbons (Fsp3) is 0.367. The molecule has 3 heterocycles. The van der Waals surface area contributed by atoms with Crippen molar-refractivity contribution in [3.05, 3.63) is 71.3 Å². The lowest BCUT2D eigenvalue weighted by Gasteiger charge is -2.32. The number of amides is 1. The number of benzene rings is 1. The summed E-state index contributed by atoms with van der Waals surface area (Å²) in [5.74, 6) is -0.583. The Balaban J connectivity index is 1.38. The van der Waals surface area contributed by atoms with E-state index in [4.69, 9.17) is 16.3 Å². The Morgan fingerprint density at radius 1 is 1.35 bits per heavy atom. The standard InChI is InChI=1S/C30H33ClF2N8O2/c1-34-12-3-14-39(2)22-8-5-20(6-9-22)11-16-40-19-25(37-29(42)24-18-36-41-15-4-13-35-28(24)41)27(38-40)23-17-21(31)7-10-26(23)43-30(32)33/h4,7,10-11,13,15,17-19,22,30H,1,3,5-6,8-9,12,14,16H2,2H3,(H,37,42). The molecule has 0 spiro atoms. The predicted octanol–water partition coefficient (Wildman–Crippen LogP) is 5.99. The molecule has 1 aliphatic rings. The first-order chi connectivity index (χ1) is 20.8. The number of rotatable bonds is 12. The van der Waals surface area contributed by atoms with E-state index in [1.807, 2.05) is 0 Å². The Bertz CT molecular complexity index is 1610. The van der Waals surface area contributed by atoms with E-state index in [1.165, 1.54) is 34.5 Å². The first-order valence-electron chi connectivity index (χ1n) is 14.0. The lowest BCUT2D eigenvalue weighted by molar-refractivity contribution is -0.0494. The van der Waals surface area contributed by atoms with Crippen LogP contribution in [-0.2, 0) is 6.54 Å².